The Kier molecular flexibility index (Phi) is 3.63. The van der Waals surface area contributed by atoms with Gasteiger partial charge in [0.2, 0.25) is 5.95 Å². The predicted molar refractivity (Wildman–Crippen MR) is 86.6 cm³/mol. The van der Waals surface area contributed by atoms with E-state index >= 15 is 0 Å². The zero-order chi connectivity index (χ0) is 15.6. The Morgan fingerprint density at radius 3 is 2.78 bits per heavy atom. The van der Waals surface area contributed by atoms with E-state index in [1.54, 1.807) is 12.3 Å². The van der Waals surface area contributed by atoms with Gasteiger partial charge in [0, 0.05) is 29.6 Å². The number of anilines is 1. The first kappa shape index (κ1) is 14.1. The average Bonchev–Trinajstić information content (AvgIpc) is 3.00. The molecule has 0 radical (unpaired) electrons. The van der Waals surface area contributed by atoms with Crippen LogP contribution in [0.3, 0.4) is 0 Å². The summed E-state index contributed by atoms with van der Waals surface area (Å²) in [6, 6.07) is 3.45. The fraction of sp³-hybridized carbons (Fsp3) is 0.312. The molecule has 3 N–H and O–H groups in total. The Labute approximate surface area is 132 Å². The molecule has 4 heterocycles. The highest BCUT2D eigenvalue weighted by Crippen LogP contribution is 2.27. The van der Waals surface area contributed by atoms with E-state index in [1.165, 1.54) is 12.3 Å². The van der Waals surface area contributed by atoms with Crippen LogP contribution in [0.1, 0.15) is 12.8 Å². The van der Waals surface area contributed by atoms with Gasteiger partial charge in [0.05, 0.1) is 6.20 Å². The van der Waals surface area contributed by atoms with E-state index in [-0.39, 0.29) is 0 Å². The fourth-order valence-corrected chi connectivity index (χ4v) is 2.89. The normalized spacial score (nSPS) is 15.9. The molecule has 1 saturated heterocycles. The molecule has 3 aromatic rings. The van der Waals surface area contributed by atoms with Crippen LogP contribution in [0, 0.1) is 5.95 Å². The van der Waals surface area contributed by atoms with Crippen molar-refractivity contribution in [1.82, 2.24) is 25.3 Å². The van der Waals surface area contributed by atoms with Crippen molar-refractivity contribution in [2.24, 2.45) is 0 Å². The summed E-state index contributed by atoms with van der Waals surface area (Å²) in [6.07, 6.45) is 7.22. The summed E-state index contributed by atoms with van der Waals surface area (Å²) in [5.74, 6) is 0.272. The third-order valence-electron chi connectivity index (χ3n) is 4.11. The minimum atomic E-state index is -0.493. The van der Waals surface area contributed by atoms with Gasteiger partial charge in [-0.3, -0.25) is 0 Å². The molecule has 0 aromatic carbocycles. The number of fused-ring (bicyclic) bond motifs is 1. The van der Waals surface area contributed by atoms with Gasteiger partial charge in [0.25, 0.3) is 0 Å². The number of H-pyrrole nitrogens is 1. The largest absolute Gasteiger partial charge is 0.366 e. The molecule has 118 valence electrons. The Balaban J connectivity index is 1.66. The van der Waals surface area contributed by atoms with Crippen molar-refractivity contribution >= 4 is 17.0 Å². The second kappa shape index (κ2) is 5.92. The molecular weight excluding hydrogens is 295 g/mol. The molecule has 23 heavy (non-hydrogen) atoms. The van der Waals surface area contributed by atoms with Gasteiger partial charge >= 0.3 is 0 Å². The number of rotatable bonds is 3. The Morgan fingerprint density at radius 1 is 1.13 bits per heavy atom. The molecule has 7 heteroatoms. The van der Waals surface area contributed by atoms with Gasteiger partial charge in [-0.05, 0) is 38.1 Å². The predicted octanol–water partition coefficient (Wildman–Crippen LogP) is 2.32. The molecule has 0 spiro atoms. The molecule has 0 bridgehead atoms. The number of piperidine rings is 1. The van der Waals surface area contributed by atoms with Crippen molar-refractivity contribution < 1.29 is 4.39 Å². The molecule has 1 aliphatic rings. The molecule has 0 aliphatic carbocycles. The number of hydrogen-bond donors (Lipinski definition) is 3. The Bertz CT molecular complexity index is 807. The smallest absolute Gasteiger partial charge is 0.212 e. The van der Waals surface area contributed by atoms with Crippen LogP contribution in [0.4, 0.5) is 10.2 Å². The minimum absolute atomic E-state index is 0.415. The zero-order valence-electron chi connectivity index (χ0n) is 12.5. The van der Waals surface area contributed by atoms with E-state index in [9.17, 15) is 4.39 Å². The van der Waals surface area contributed by atoms with Crippen molar-refractivity contribution in [1.29, 1.82) is 0 Å². The van der Waals surface area contributed by atoms with Crippen LogP contribution in [0.5, 0.6) is 0 Å². The maximum absolute atomic E-state index is 13.0. The minimum Gasteiger partial charge on any atom is -0.366 e. The summed E-state index contributed by atoms with van der Waals surface area (Å²) in [5.41, 5.74) is 3.15. The molecule has 3 aromatic heterocycles. The van der Waals surface area contributed by atoms with E-state index < -0.39 is 5.95 Å². The van der Waals surface area contributed by atoms with Crippen LogP contribution in [-0.4, -0.2) is 39.1 Å². The number of aromatic nitrogens is 4. The average molecular weight is 312 g/mol. The van der Waals surface area contributed by atoms with Crippen LogP contribution >= 0.6 is 0 Å². The summed E-state index contributed by atoms with van der Waals surface area (Å²) in [5, 5.41) is 6.79. The first-order chi connectivity index (χ1) is 11.3. The molecule has 1 aliphatic heterocycles. The lowest BCUT2D eigenvalue weighted by molar-refractivity contribution is 0.478. The van der Waals surface area contributed by atoms with E-state index in [0.29, 0.717) is 11.7 Å². The van der Waals surface area contributed by atoms with E-state index in [0.717, 1.165) is 48.4 Å². The van der Waals surface area contributed by atoms with Crippen molar-refractivity contribution in [3.63, 3.8) is 0 Å². The lowest BCUT2D eigenvalue weighted by atomic mass is 10.1. The molecule has 6 nitrogen and oxygen atoms in total. The number of nitrogens with one attached hydrogen (secondary N) is 3. The number of nitrogens with zero attached hydrogens (tertiary/aromatic N) is 3. The Morgan fingerprint density at radius 2 is 2.00 bits per heavy atom. The number of hydrogen-bond acceptors (Lipinski definition) is 5. The van der Waals surface area contributed by atoms with Gasteiger partial charge in [-0.2, -0.15) is 4.39 Å². The van der Waals surface area contributed by atoms with Gasteiger partial charge in [0.1, 0.15) is 11.3 Å². The molecule has 4 rings (SSSR count). The maximum atomic E-state index is 13.0. The third kappa shape index (κ3) is 2.87. The van der Waals surface area contributed by atoms with Crippen molar-refractivity contribution in [2.75, 3.05) is 18.4 Å². The quantitative estimate of drug-likeness (QED) is 0.647. The monoisotopic (exact) mass is 312 g/mol. The second-order valence-electron chi connectivity index (χ2n) is 5.69. The molecule has 0 amide bonds. The molecular formula is C16H17FN6. The highest BCUT2D eigenvalue weighted by Gasteiger charge is 2.15. The zero-order valence-corrected chi connectivity index (χ0v) is 12.5. The summed E-state index contributed by atoms with van der Waals surface area (Å²) in [6.45, 7) is 2.04. The van der Waals surface area contributed by atoms with Crippen LogP contribution in [0.15, 0.2) is 30.7 Å². The fourth-order valence-electron chi connectivity index (χ4n) is 2.89. The van der Waals surface area contributed by atoms with Gasteiger partial charge in [0.15, 0.2) is 5.65 Å². The highest BCUT2D eigenvalue weighted by molar-refractivity contribution is 5.90. The van der Waals surface area contributed by atoms with Gasteiger partial charge < -0.3 is 15.6 Å². The number of halogens is 1. The van der Waals surface area contributed by atoms with Crippen LogP contribution in [0.25, 0.3) is 22.3 Å². The lowest BCUT2D eigenvalue weighted by Crippen LogP contribution is -2.35. The van der Waals surface area contributed by atoms with E-state index in [2.05, 4.69) is 30.6 Å². The van der Waals surface area contributed by atoms with Crippen LogP contribution in [-0.2, 0) is 0 Å². The van der Waals surface area contributed by atoms with E-state index in [1.807, 2.05) is 6.20 Å². The highest BCUT2D eigenvalue weighted by atomic mass is 19.1. The summed E-state index contributed by atoms with van der Waals surface area (Å²) in [4.78, 5) is 15.9. The first-order valence-corrected chi connectivity index (χ1v) is 7.73. The van der Waals surface area contributed by atoms with Gasteiger partial charge in [-0.15, -0.1) is 0 Å². The van der Waals surface area contributed by atoms with Gasteiger partial charge in [-0.25, -0.2) is 15.0 Å². The summed E-state index contributed by atoms with van der Waals surface area (Å²) >= 11 is 0. The van der Waals surface area contributed by atoms with Crippen LogP contribution in [0.2, 0.25) is 0 Å². The summed E-state index contributed by atoms with van der Waals surface area (Å²) in [7, 11) is 0. The SMILES string of the molecule is Fc1ccc(-c2c[nH]c3ncc(NC4CCNCC4)nc23)cn1. The van der Waals surface area contributed by atoms with Gasteiger partial charge in [-0.1, -0.05) is 0 Å². The molecule has 0 saturated carbocycles. The molecule has 1 fully saturated rings. The third-order valence-corrected chi connectivity index (χ3v) is 4.11. The molecule has 0 unspecified atom stereocenters. The van der Waals surface area contributed by atoms with Crippen molar-refractivity contribution in [3.8, 4) is 11.1 Å². The first-order valence-electron chi connectivity index (χ1n) is 7.73. The Hall–Kier alpha value is -2.54. The van der Waals surface area contributed by atoms with Crippen molar-refractivity contribution in [2.45, 2.75) is 18.9 Å². The lowest BCUT2D eigenvalue weighted by Gasteiger charge is -2.23. The topological polar surface area (TPSA) is 78.5 Å². The summed E-state index contributed by atoms with van der Waals surface area (Å²) < 4.78 is 13.0. The maximum Gasteiger partial charge on any atom is 0.212 e. The second-order valence-corrected chi connectivity index (χ2v) is 5.69. The van der Waals surface area contributed by atoms with Crippen molar-refractivity contribution in [3.05, 3.63) is 36.7 Å². The standard InChI is InChI=1S/C16H17FN6/c17-13-2-1-10(7-19-13)12-8-20-16-15(12)23-14(9-21-16)22-11-3-5-18-6-4-11/h1-2,7-9,11,18H,3-6H2,(H,20,21)(H,22,23). The molecule has 0 atom stereocenters. The number of aromatic amines is 1. The van der Waals surface area contributed by atoms with E-state index in [4.69, 9.17) is 0 Å². The number of pyridine rings is 1. The van der Waals surface area contributed by atoms with Crippen LogP contribution < -0.4 is 10.6 Å².